The average Bonchev–Trinajstić information content (AvgIpc) is 2.58. The minimum Gasteiger partial charge on any atom is -0.465 e. The third-order valence-corrected chi connectivity index (χ3v) is 6.44. The molecule has 128 valence electrons. The molecule has 0 amide bonds. The van der Waals surface area contributed by atoms with Crippen LogP contribution in [0.2, 0.25) is 0 Å². The number of esters is 2. The van der Waals surface area contributed by atoms with E-state index in [2.05, 4.69) is 0 Å². The van der Waals surface area contributed by atoms with E-state index in [1.807, 2.05) is 0 Å². The highest BCUT2D eigenvalue weighted by Crippen LogP contribution is 2.61. The molecule has 0 atom stereocenters. The number of rotatable bonds is 3. The fraction of sp³-hybridized carbons (Fsp3) is 0.600. The van der Waals surface area contributed by atoms with E-state index in [1.54, 1.807) is 18.2 Å². The van der Waals surface area contributed by atoms with Gasteiger partial charge < -0.3 is 9.47 Å². The lowest BCUT2D eigenvalue weighted by Crippen LogP contribution is -2.49. The van der Waals surface area contributed by atoms with Gasteiger partial charge in [-0.3, -0.25) is 0 Å². The summed E-state index contributed by atoms with van der Waals surface area (Å²) >= 11 is 0. The highest BCUT2D eigenvalue weighted by molar-refractivity contribution is 5.98. The van der Waals surface area contributed by atoms with Crippen LogP contribution in [0.5, 0.6) is 0 Å². The minimum absolute atomic E-state index is 0.0664. The average molecular weight is 328 g/mol. The zero-order chi connectivity index (χ0) is 16.9. The molecule has 4 heteroatoms. The van der Waals surface area contributed by atoms with Crippen molar-refractivity contribution in [3.8, 4) is 0 Å². The van der Waals surface area contributed by atoms with Crippen molar-refractivity contribution in [3.05, 3.63) is 34.9 Å². The molecule has 5 rings (SSSR count). The highest BCUT2D eigenvalue weighted by atomic mass is 16.5. The van der Waals surface area contributed by atoms with Crippen LogP contribution in [-0.4, -0.2) is 26.2 Å². The zero-order valence-electron chi connectivity index (χ0n) is 14.3. The normalized spacial score (nSPS) is 33.3. The van der Waals surface area contributed by atoms with Crippen molar-refractivity contribution in [2.45, 2.75) is 43.9 Å². The van der Waals surface area contributed by atoms with Crippen molar-refractivity contribution in [3.63, 3.8) is 0 Å². The Hall–Kier alpha value is -1.84. The Morgan fingerprint density at radius 3 is 1.67 bits per heavy atom. The SMILES string of the molecule is COC(=O)c1cccc(C(=O)OC)c1C12CC3CC(CC(C3)C1)C2. The Morgan fingerprint density at radius 2 is 1.29 bits per heavy atom. The monoisotopic (exact) mass is 328 g/mol. The summed E-state index contributed by atoms with van der Waals surface area (Å²) in [6.45, 7) is 0. The van der Waals surface area contributed by atoms with Gasteiger partial charge in [-0.05, 0) is 79.4 Å². The summed E-state index contributed by atoms with van der Waals surface area (Å²) in [6.07, 6.45) is 7.18. The molecule has 0 heterocycles. The quantitative estimate of drug-likeness (QED) is 0.793. The van der Waals surface area contributed by atoms with Gasteiger partial charge in [-0.2, -0.15) is 0 Å². The third-order valence-electron chi connectivity index (χ3n) is 6.44. The fourth-order valence-electron chi connectivity index (χ4n) is 6.10. The Balaban J connectivity index is 1.89. The summed E-state index contributed by atoms with van der Waals surface area (Å²) < 4.78 is 10.0. The van der Waals surface area contributed by atoms with Crippen LogP contribution in [0.15, 0.2) is 18.2 Å². The van der Waals surface area contributed by atoms with Crippen LogP contribution in [0.1, 0.15) is 64.8 Å². The smallest absolute Gasteiger partial charge is 0.338 e. The predicted molar refractivity (Wildman–Crippen MR) is 89.0 cm³/mol. The van der Waals surface area contributed by atoms with Gasteiger partial charge in [0.1, 0.15) is 0 Å². The van der Waals surface area contributed by atoms with E-state index in [0.29, 0.717) is 11.1 Å². The van der Waals surface area contributed by atoms with Crippen molar-refractivity contribution < 1.29 is 19.1 Å². The van der Waals surface area contributed by atoms with E-state index >= 15 is 0 Å². The maximum atomic E-state index is 12.4. The lowest BCUT2D eigenvalue weighted by Gasteiger charge is -2.57. The Bertz CT molecular complexity index is 621. The summed E-state index contributed by atoms with van der Waals surface area (Å²) in [7, 11) is 2.80. The molecule has 4 bridgehead atoms. The molecule has 0 aromatic heterocycles. The molecule has 4 aliphatic rings. The second-order valence-corrected chi connectivity index (χ2v) is 7.91. The van der Waals surface area contributed by atoms with Crippen LogP contribution < -0.4 is 0 Å². The van der Waals surface area contributed by atoms with Crippen LogP contribution in [0, 0.1) is 17.8 Å². The maximum absolute atomic E-state index is 12.4. The number of carbonyl (C=O) groups is 2. The van der Waals surface area contributed by atoms with Crippen LogP contribution in [0.4, 0.5) is 0 Å². The lowest BCUT2D eigenvalue weighted by molar-refractivity contribution is -0.00667. The number of hydrogen-bond donors (Lipinski definition) is 0. The molecule has 4 saturated carbocycles. The number of benzene rings is 1. The van der Waals surface area contributed by atoms with Gasteiger partial charge >= 0.3 is 11.9 Å². The van der Waals surface area contributed by atoms with Gasteiger partial charge in [0.25, 0.3) is 0 Å². The molecular weight excluding hydrogens is 304 g/mol. The Kier molecular flexibility index (Phi) is 3.66. The maximum Gasteiger partial charge on any atom is 0.338 e. The number of ether oxygens (including phenoxy) is 2. The Labute approximate surface area is 142 Å². The van der Waals surface area contributed by atoms with Gasteiger partial charge in [-0.1, -0.05) is 6.07 Å². The first kappa shape index (κ1) is 15.7. The number of methoxy groups -OCH3 is 2. The second kappa shape index (κ2) is 5.61. The van der Waals surface area contributed by atoms with Crippen molar-refractivity contribution in [1.29, 1.82) is 0 Å². The molecule has 24 heavy (non-hydrogen) atoms. The summed E-state index contributed by atoms with van der Waals surface area (Å²) in [5.74, 6) is 1.48. The highest BCUT2D eigenvalue weighted by Gasteiger charge is 2.53. The standard InChI is InChI=1S/C20H24O4/c1-23-18(21)15-4-3-5-16(19(22)24-2)17(15)20-9-12-6-13(10-20)8-14(7-12)11-20/h3-5,12-14H,6-11H2,1-2H3. The first-order valence-electron chi connectivity index (χ1n) is 8.86. The van der Waals surface area contributed by atoms with Crippen LogP contribution in [0.25, 0.3) is 0 Å². The molecule has 4 aliphatic carbocycles. The van der Waals surface area contributed by atoms with Crippen molar-refractivity contribution in [2.75, 3.05) is 14.2 Å². The number of hydrogen-bond acceptors (Lipinski definition) is 4. The van der Waals surface area contributed by atoms with Crippen LogP contribution >= 0.6 is 0 Å². The first-order valence-corrected chi connectivity index (χ1v) is 8.86. The largest absolute Gasteiger partial charge is 0.465 e. The topological polar surface area (TPSA) is 52.6 Å². The molecule has 0 unspecified atom stereocenters. The molecule has 0 radical (unpaired) electrons. The van der Waals surface area contributed by atoms with E-state index in [0.717, 1.165) is 42.6 Å². The third kappa shape index (κ3) is 2.27. The first-order chi connectivity index (χ1) is 11.6. The van der Waals surface area contributed by atoms with Gasteiger partial charge in [0.05, 0.1) is 25.3 Å². The van der Waals surface area contributed by atoms with Crippen molar-refractivity contribution in [1.82, 2.24) is 0 Å². The predicted octanol–water partition coefficient (Wildman–Crippen LogP) is 3.73. The molecule has 1 aromatic rings. The van der Waals surface area contributed by atoms with Gasteiger partial charge in [0, 0.05) is 0 Å². The fourth-order valence-corrected chi connectivity index (χ4v) is 6.10. The van der Waals surface area contributed by atoms with Crippen molar-refractivity contribution >= 4 is 11.9 Å². The van der Waals surface area contributed by atoms with Gasteiger partial charge in [-0.15, -0.1) is 0 Å². The summed E-state index contributed by atoms with van der Waals surface area (Å²) in [6, 6.07) is 5.35. The molecule has 0 saturated heterocycles. The summed E-state index contributed by atoms with van der Waals surface area (Å²) in [4.78, 5) is 24.8. The zero-order valence-corrected chi connectivity index (χ0v) is 14.3. The van der Waals surface area contributed by atoms with Gasteiger partial charge in [0.15, 0.2) is 0 Å². The molecular formula is C20H24O4. The van der Waals surface area contributed by atoms with Gasteiger partial charge in [0.2, 0.25) is 0 Å². The molecule has 4 fully saturated rings. The van der Waals surface area contributed by atoms with E-state index in [4.69, 9.17) is 9.47 Å². The molecule has 1 aromatic carbocycles. The number of carbonyl (C=O) groups excluding carboxylic acids is 2. The molecule has 4 nitrogen and oxygen atoms in total. The van der Waals surface area contributed by atoms with E-state index in [9.17, 15) is 9.59 Å². The Morgan fingerprint density at radius 1 is 0.875 bits per heavy atom. The van der Waals surface area contributed by atoms with E-state index < -0.39 is 0 Å². The molecule has 0 spiro atoms. The lowest BCUT2D eigenvalue weighted by atomic mass is 9.47. The molecule has 0 aliphatic heterocycles. The molecule has 0 N–H and O–H groups in total. The summed E-state index contributed by atoms with van der Waals surface area (Å²) in [5, 5.41) is 0. The summed E-state index contributed by atoms with van der Waals surface area (Å²) in [5.41, 5.74) is 1.91. The van der Waals surface area contributed by atoms with Crippen molar-refractivity contribution in [2.24, 2.45) is 17.8 Å². The minimum atomic E-state index is -0.355. The van der Waals surface area contributed by atoms with Crippen LogP contribution in [0.3, 0.4) is 0 Å². The van der Waals surface area contributed by atoms with E-state index in [-0.39, 0.29) is 17.4 Å². The van der Waals surface area contributed by atoms with Gasteiger partial charge in [-0.25, -0.2) is 9.59 Å². The second-order valence-electron chi connectivity index (χ2n) is 7.91. The van der Waals surface area contributed by atoms with E-state index in [1.165, 1.54) is 33.5 Å². The van der Waals surface area contributed by atoms with Crippen LogP contribution in [-0.2, 0) is 14.9 Å².